The molecule has 1 N–H and O–H groups in total. The number of nitrogens with zero attached hydrogens (tertiary/aromatic N) is 2. The molecule has 78 valence electrons. The van der Waals surface area contributed by atoms with Gasteiger partial charge < -0.3 is 5.32 Å². The summed E-state index contributed by atoms with van der Waals surface area (Å²) in [6.45, 7) is 2.87. The van der Waals surface area contributed by atoms with Gasteiger partial charge in [0.05, 0.1) is 11.2 Å². The fourth-order valence-corrected chi connectivity index (χ4v) is 1.91. The summed E-state index contributed by atoms with van der Waals surface area (Å²) in [6, 6.07) is 5.98. The van der Waals surface area contributed by atoms with E-state index in [1.807, 2.05) is 30.6 Å². The van der Waals surface area contributed by atoms with Gasteiger partial charge in [0, 0.05) is 24.0 Å². The van der Waals surface area contributed by atoms with Crippen molar-refractivity contribution in [2.24, 2.45) is 0 Å². The number of aryl methyl sites for hydroxylation is 1. The fourth-order valence-electron chi connectivity index (χ4n) is 1.32. The van der Waals surface area contributed by atoms with Gasteiger partial charge in [-0.1, -0.05) is 6.07 Å². The van der Waals surface area contributed by atoms with Crippen molar-refractivity contribution in [3.63, 3.8) is 0 Å². The van der Waals surface area contributed by atoms with Gasteiger partial charge in [-0.05, 0) is 19.1 Å². The third kappa shape index (κ3) is 3.02. The van der Waals surface area contributed by atoms with E-state index in [1.54, 1.807) is 11.3 Å². The Morgan fingerprint density at radius 1 is 1.40 bits per heavy atom. The molecule has 2 rings (SSSR count). The number of nitrogens with one attached hydrogen (secondary N) is 1. The van der Waals surface area contributed by atoms with E-state index in [0.29, 0.717) is 0 Å². The number of thiazole rings is 1. The Labute approximate surface area is 93.2 Å². The first-order valence-corrected chi connectivity index (χ1v) is 5.83. The Kier molecular flexibility index (Phi) is 3.29. The molecule has 0 aliphatic carbocycles. The topological polar surface area (TPSA) is 37.8 Å². The van der Waals surface area contributed by atoms with E-state index >= 15 is 0 Å². The van der Waals surface area contributed by atoms with Crippen molar-refractivity contribution in [1.29, 1.82) is 0 Å². The van der Waals surface area contributed by atoms with E-state index in [2.05, 4.69) is 20.7 Å². The van der Waals surface area contributed by atoms with Crippen LogP contribution in [0.4, 0.5) is 5.82 Å². The molecular weight excluding hydrogens is 206 g/mol. The quantitative estimate of drug-likeness (QED) is 0.858. The summed E-state index contributed by atoms with van der Waals surface area (Å²) in [7, 11) is 0. The molecule has 4 heteroatoms. The van der Waals surface area contributed by atoms with Crippen LogP contribution in [0.2, 0.25) is 0 Å². The maximum atomic E-state index is 4.36. The SMILES string of the molecule is Cc1cccc(NCCc2cscn2)n1. The zero-order valence-corrected chi connectivity index (χ0v) is 9.42. The lowest BCUT2D eigenvalue weighted by Crippen LogP contribution is -2.06. The normalized spacial score (nSPS) is 10.2. The van der Waals surface area contributed by atoms with Crippen LogP contribution >= 0.6 is 11.3 Å². The summed E-state index contributed by atoms with van der Waals surface area (Å²) in [5.74, 6) is 0.935. The number of anilines is 1. The van der Waals surface area contributed by atoms with Crippen LogP contribution in [0.25, 0.3) is 0 Å². The molecule has 0 unspecified atom stereocenters. The highest BCUT2D eigenvalue weighted by molar-refractivity contribution is 7.07. The molecule has 0 radical (unpaired) electrons. The highest BCUT2D eigenvalue weighted by atomic mass is 32.1. The van der Waals surface area contributed by atoms with E-state index in [-0.39, 0.29) is 0 Å². The molecule has 15 heavy (non-hydrogen) atoms. The third-order valence-electron chi connectivity index (χ3n) is 2.06. The Morgan fingerprint density at radius 2 is 2.33 bits per heavy atom. The summed E-state index contributed by atoms with van der Waals surface area (Å²) < 4.78 is 0. The van der Waals surface area contributed by atoms with E-state index in [0.717, 1.165) is 30.2 Å². The van der Waals surface area contributed by atoms with Crippen LogP contribution in [0.1, 0.15) is 11.4 Å². The lowest BCUT2D eigenvalue weighted by atomic mass is 10.3. The minimum Gasteiger partial charge on any atom is -0.370 e. The van der Waals surface area contributed by atoms with E-state index in [4.69, 9.17) is 0 Å². The average Bonchev–Trinajstić information content (AvgIpc) is 2.71. The second kappa shape index (κ2) is 4.89. The molecule has 0 aliphatic heterocycles. The van der Waals surface area contributed by atoms with Crippen LogP contribution in [-0.2, 0) is 6.42 Å². The fraction of sp³-hybridized carbons (Fsp3) is 0.273. The molecular formula is C11H13N3S. The van der Waals surface area contributed by atoms with Gasteiger partial charge in [-0.2, -0.15) is 0 Å². The summed E-state index contributed by atoms with van der Waals surface area (Å²) in [5, 5.41) is 5.35. The largest absolute Gasteiger partial charge is 0.370 e. The van der Waals surface area contributed by atoms with Crippen molar-refractivity contribution >= 4 is 17.2 Å². The molecule has 0 saturated carbocycles. The second-order valence-electron chi connectivity index (χ2n) is 3.32. The number of pyridine rings is 1. The minimum atomic E-state index is 0.875. The summed E-state index contributed by atoms with van der Waals surface area (Å²) >= 11 is 1.63. The van der Waals surface area contributed by atoms with Crippen LogP contribution in [-0.4, -0.2) is 16.5 Å². The number of hydrogen-bond acceptors (Lipinski definition) is 4. The predicted octanol–water partition coefficient (Wildman–Crippen LogP) is 2.50. The molecule has 0 fully saturated rings. The molecule has 0 aliphatic rings. The minimum absolute atomic E-state index is 0.875. The first-order valence-electron chi connectivity index (χ1n) is 4.89. The van der Waals surface area contributed by atoms with Crippen molar-refractivity contribution in [3.8, 4) is 0 Å². The third-order valence-corrected chi connectivity index (χ3v) is 2.69. The predicted molar refractivity (Wildman–Crippen MR) is 63.3 cm³/mol. The molecule has 0 amide bonds. The zero-order chi connectivity index (χ0) is 10.5. The second-order valence-corrected chi connectivity index (χ2v) is 4.04. The first kappa shape index (κ1) is 10.1. The van der Waals surface area contributed by atoms with Crippen LogP contribution in [0.15, 0.2) is 29.1 Å². The Hall–Kier alpha value is -1.42. The standard InChI is InChI=1S/C11H13N3S/c1-9-3-2-4-11(14-9)12-6-5-10-7-15-8-13-10/h2-4,7-8H,5-6H2,1H3,(H,12,14). The number of rotatable bonds is 4. The smallest absolute Gasteiger partial charge is 0.126 e. The van der Waals surface area contributed by atoms with Gasteiger partial charge in [-0.15, -0.1) is 11.3 Å². The van der Waals surface area contributed by atoms with Crippen molar-refractivity contribution in [1.82, 2.24) is 9.97 Å². The number of hydrogen-bond donors (Lipinski definition) is 1. The van der Waals surface area contributed by atoms with Gasteiger partial charge in [-0.25, -0.2) is 9.97 Å². The van der Waals surface area contributed by atoms with Gasteiger partial charge >= 0.3 is 0 Å². The molecule has 2 aromatic heterocycles. The van der Waals surface area contributed by atoms with Crippen molar-refractivity contribution in [2.45, 2.75) is 13.3 Å². The Bertz CT molecular complexity index is 412. The van der Waals surface area contributed by atoms with Crippen LogP contribution in [0.5, 0.6) is 0 Å². The van der Waals surface area contributed by atoms with Crippen molar-refractivity contribution in [3.05, 3.63) is 40.5 Å². The maximum Gasteiger partial charge on any atom is 0.126 e. The molecule has 0 bridgehead atoms. The maximum absolute atomic E-state index is 4.36. The molecule has 2 aromatic rings. The van der Waals surface area contributed by atoms with Crippen molar-refractivity contribution in [2.75, 3.05) is 11.9 Å². The zero-order valence-electron chi connectivity index (χ0n) is 8.60. The Balaban J connectivity index is 1.83. The summed E-state index contributed by atoms with van der Waals surface area (Å²) in [4.78, 5) is 8.59. The van der Waals surface area contributed by atoms with Crippen molar-refractivity contribution < 1.29 is 0 Å². The summed E-state index contributed by atoms with van der Waals surface area (Å²) in [6.07, 6.45) is 0.944. The monoisotopic (exact) mass is 219 g/mol. The van der Waals surface area contributed by atoms with E-state index in [1.165, 1.54) is 0 Å². The first-order chi connectivity index (χ1) is 7.34. The lowest BCUT2D eigenvalue weighted by molar-refractivity contribution is 0.965. The number of aromatic nitrogens is 2. The van der Waals surface area contributed by atoms with Gasteiger partial charge in [0.1, 0.15) is 5.82 Å². The summed E-state index contributed by atoms with van der Waals surface area (Å²) in [5.41, 5.74) is 4.04. The Morgan fingerprint density at radius 3 is 3.07 bits per heavy atom. The highest BCUT2D eigenvalue weighted by Gasteiger charge is 1.96. The lowest BCUT2D eigenvalue weighted by Gasteiger charge is -2.04. The molecule has 0 atom stereocenters. The molecule has 3 nitrogen and oxygen atoms in total. The molecule has 0 aromatic carbocycles. The van der Waals surface area contributed by atoms with Crippen LogP contribution < -0.4 is 5.32 Å². The molecule has 2 heterocycles. The van der Waals surface area contributed by atoms with Gasteiger partial charge in [0.15, 0.2) is 0 Å². The highest BCUT2D eigenvalue weighted by Crippen LogP contribution is 2.05. The van der Waals surface area contributed by atoms with Gasteiger partial charge in [0.25, 0.3) is 0 Å². The van der Waals surface area contributed by atoms with E-state index in [9.17, 15) is 0 Å². The average molecular weight is 219 g/mol. The van der Waals surface area contributed by atoms with Gasteiger partial charge in [0.2, 0.25) is 0 Å². The van der Waals surface area contributed by atoms with Crippen LogP contribution in [0, 0.1) is 6.92 Å². The molecule has 0 saturated heterocycles. The van der Waals surface area contributed by atoms with Crippen LogP contribution in [0.3, 0.4) is 0 Å². The molecule has 0 spiro atoms. The van der Waals surface area contributed by atoms with E-state index < -0.39 is 0 Å². The van der Waals surface area contributed by atoms with Gasteiger partial charge in [-0.3, -0.25) is 0 Å².